The average Bonchev–Trinajstić information content (AvgIpc) is 2.54. The summed E-state index contributed by atoms with van der Waals surface area (Å²) in [4.78, 5) is 22.7. The van der Waals surface area contributed by atoms with E-state index in [0.717, 1.165) is 0 Å². The fourth-order valence-electron chi connectivity index (χ4n) is 1.47. The summed E-state index contributed by atoms with van der Waals surface area (Å²) in [5, 5.41) is 4.10. The van der Waals surface area contributed by atoms with Gasteiger partial charge in [0.15, 0.2) is 6.61 Å². The van der Waals surface area contributed by atoms with Gasteiger partial charge in [-0.2, -0.15) is 5.10 Å². The molecule has 106 valence electrons. The second kappa shape index (κ2) is 6.21. The molecule has 2 N–H and O–H groups in total. The van der Waals surface area contributed by atoms with Gasteiger partial charge >= 0.3 is 11.9 Å². The fourth-order valence-corrected chi connectivity index (χ4v) is 1.47. The molecule has 0 spiro atoms. The monoisotopic (exact) mass is 269 g/mol. The maximum absolute atomic E-state index is 11.5. The fraction of sp³-hybridized carbons (Fsp3) is 0.583. The van der Waals surface area contributed by atoms with Gasteiger partial charge in [0.05, 0.1) is 23.2 Å². The maximum Gasteiger partial charge on any atom is 0.344 e. The highest BCUT2D eigenvalue weighted by Gasteiger charge is 2.14. The molecule has 7 heteroatoms. The molecule has 0 atom stereocenters. The molecule has 0 unspecified atom stereocenters. The predicted molar refractivity (Wildman–Crippen MR) is 68.3 cm³/mol. The SMILES string of the molecule is Cc1nn(CC(=O)OCC(=O)OC(C)C)c(C)c1N. The first-order chi connectivity index (χ1) is 8.81. The van der Waals surface area contributed by atoms with Crippen molar-refractivity contribution in [1.82, 2.24) is 9.78 Å². The van der Waals surface area contributed by atoms with Gasteiger partial charge in [0.1, 0.15) is 6.54 Å². The van der Waals surface area contributed by atoms with Crippen LogP contribution in [0.3, 0.4) is 0 Å². The smallest absolute Gasteiger partial charge is 0.344 e. The third kappa shape index (κ3) is 4.27. The Kier molecular flexibility index (Phi) is 4.91. The Labute approximate surface area is 111 Å². The lowest BCUT2D eigenvalue weighted by Crippen LogP contribution is -2.22. The Morgan fingerprint density at radius 2 is 1.95 bits per heavy atom. The van der Waals surface area contributed by atoms with E-state index in [0.29, 0.717) is 17.1 Å². The molecule has 0 aliphatic heterocycles. The van der Waals surface area contributed by atoms with Crippen LogP contribution >= 0.6 is 0 Å². The van der Waals surface area contributed by atoms with Crippen LogP contribution in [-0.2, 0) is 25.6 Å². The van der Waals surface area contributed by atoms with Crippen LogP contribution in [0.5, 0.6) is 0 Å². The van der Waals surface area contributed by atoms with Crippen molar-refractivity contribution in [2.75, 3.05) is 12.3 Å². The number of hydrogen-bond acceptors (Lipinski definition) is 6. The minimum absolute atomic E-state index is 0.0845. The Morgan fingerprint density at radius 3 is 2.42 bits per heavy atom. The van der Waals surface area contributed by atoms with E-state index in [1.807, 2.05) is 0 Å². The number of nitrogen functional groups attached to an aromatic ring is 1. The van der Waals surface area contributed by atoms with Gasteiger partial charge in [0.2, 0.25) is 0 Å². The van der Waals surface area contributed by atoms with Gasteiger partial charge in [-0.25, -0.2) is 4.79 Å². The number of carbonyl (C=O) groups is 2. The van der Waals surface area contributed by atoms with Crippen molar-refractivity contribution < 1.29 is 19.1 Å². The standard InChI is InChI=1S/C12H19N3O4/c1-7(2)19-11(17)6-18-10(16)5-15-9(4)12(13)8(3)14-15/h7H,5-6,13H2,1-4H3. The van der Waals surface area contributed by atoms with Crippen molar-refractivity contribution in [3.05, 3.63) is 11.4 Å². The maximum atomic E-state index is 11.5. The summed E-state index contributed by atoms with van der Waals surface area (Å²) in [7, 11) is 0. The highest BCUT2D eigenvalue weighted by atomic mass is 16.6. The van der Waals surface area contributed by atoms with Crippen LogP contribution in [0.1, 0.15) is 25.2 Å². The highest BCUT2D eigenvalue weighted by Crippen LogP contribution is 2.14. The van der Waals surface area contributed by atoms with E-state index in [2.05, 4.69) is 5.10 Å². The zero-order valence-electron chi connectivity index (χ0n) is 11.6. The van der Waals surface area contributed by atoms with Gasteiger partial charge in [0.25, 0.3) is 0 Å². The molecule has 1 aromatic rings. The van der Waals surface area contributed by atoms with Crippen molar-refractivity contribution in [3.63, 3.8) is 0 Å². The molecule has 0 aliphatic rings. The van der Waals surface area contributed by atoms with Crippen molar-refractivity contribution in [2.24, 2.45) is 0 Å². The summed E-state index contributed by atoms with van der Waals surface area (Å²) in [6.45, 7) is 6.47. The van der Waals surface area contributed by atoms with Crippen LogP contribution in [-0.4, -0.2) is 34.4 Å². The van der Waals surface area contributed by atoms with Gasteiger partial charge in [-0.05, 0) is 27.7 Å². The topological polar surface area (TPSA) is 96.4 Å². The molecule has 0 radical (unpaired) electrons. The van der Waals surface area contributed by atoms with Crippen LogP contribution in [0.4, 0.5) is 5.69 Å². The van der Waals surface area contributed by atoms with E-state index in [9.17, 15) is 9.59 Å². The first kappa shape index (κ1) is 15.0. The summed E-state index contributed by atoms with van der Waals surface area (Å²) < 4.78 is 11.1. The van der Waals surface area contributed by atoms with E-state index in [4.69, 9.17) is 15.2 Å². The third-order valence-corrected chi connectivity index (χ3v) is 2.43. The second-order valence-electron chi connectivity index (χ2n) is 4.44. The second-order valence-corrected chi connectivity index (χ2v) is 4.44. The van der Waals surface area contributed by atoms with E-state index < -0.39 is 18.5 Å². The molecule has 0 saturated carbocycles. The Morgan fingerprint density at radius 1 is 1.32 bits per heavy atom. The molecule has 0 aromatic carbocycles. The lowest BCUT2D eigenvalue weighted by molar-refractivity contribution is -0.161. The molecule has 0 aliphatic carbocycles. The zero-order chi connectivity index (χ0) is 14.6. The zero-order valence-corrected chi connectivity index (χ0v) is 11.6. The number of hydrogen-bond donors (Lipinski definition) is 1. The summed E-state index contributed by atoms with van der Waals surface area (Å²) in [5.41, 5.74) is 7.64. The Hall–Kier alpha value is -2.05. The minimum atomic E-state index is -0.573. The quantitative estimate of drug-likeness (QED) is 0.785. The van der Waals surface area contributed by atoms with Crippen molar-refractivity contribution in [3.8, 4) is 0 Å². The molecule has 7 nitrogen and oxygen atoms in total. The first-order valence-electron chi connectivity index (χ1n) is 5.95. The minimum Gasteiger partial charge on any atom is -0.460 e. The number of anilines is 1. The normalized spacial score (nSPS) is 10.6. The predicted octanol–water partition coefficient (Wildman–Crippen LogP) is 0.577. The van der Waals surface area contributed by atoms with E-state index in [-0.39, 0.29) is 12.6 Å². The number of esters is 2. The number of nitrogens with two attached hydrogens (primary N) is 1. The van der Waals surface area contributed by atoms with Crippen LogP contribution in [0.25, 0.3) is 0 Å². The highest BCUT2D eigenvalue weighted by molar-refractivity contribution is 5.76. The van der Waals surface area contributed by atoms with Crippen molar-refractivity contribution in [2.45, 2.75) is 40.3 Å². The van der Waals surface area contributed by atoms with Crippen LogP contribution < -0.4 is 5.73 Å². The lowest BCUT2D eigenvalue weighted by Gasteiger charge is -2.09. The van der Waals surface area contributed by atoms with Gasteiger partial charge in [-0.3, -0.25) is 9.48 Å². The third-order valence-electron chi connectivity index (χ3n) is 2.43. The Bertz CT molecular complexity index is 480. The molecular formula is C12H19N3O4. The molecule has 1 aromatic heterocycles. The average molecular weight is 269 g/mol. The summed E-state index contributed by atoms with van der Waals surface area (Å²) in [6.07, 6.45) is -0.234. The van der Waals surface area contributed by atoms with Gasteiger partial charge < -0.3 is 15.2 Å². The molecule has 0 bridgehead atoms. The lowest BCUT2D eigenvalue weighted by atomic mass is 10.3. The summed E-state index contributed by atoms with van der Waals surface area (Å²) in [5.74, 6) is -1.14. The molecule has 0 amide bonds. The van der Waals surface area contributed by atoms with E-state index in [1.165, 1.54) is 4.68 Å². The Balaban J connectivity index is 2.47. The number of aryl methyl sites for hydroxylation is 1. The molecular weight excluding hydrogens is 250 g/mol. The van der Waals surface area contributed by atoms with Gasteiger partial charge in [0, 0.05) is 0 Å². The van der Waals surface area contributed by atoms with E-state index in [1.54, 1.807) is 27.7 Å². The molecule has 0 saturated heterocycles. The van der Waals surface area contributed by atoms with Crippen LogP contribution in [0, 0.1) is 13.8 Å². The molecule has 19 heavy (non-hydrogen) atoms. The van der Waals surface area contributed by atoms with Crippen molar-refractivity contribution >= 4 is 17.6 Å². The number of rotatable bonds is 5. The largest absolute Gasteiger partial charge is 0.460 e. The summed E-state index contributed by atoms with van der Waals surface area (Å²) >= 11 is 0. The summed E-state index contributed by atoms with van der Waals surface area (Å²) in [6, 6.07) is 0. The molecule has 0 fully saturated rings. The number of carbonyl (C=O) groups excluding carboxylic acids is 2. The van der Waals surface area contributed by atoms with Gasteiger partial charge in [-0.1, -0.05) is 0 Å². The number of ether oxygens (including phenoxy) is 2. The van der Waals surface area contributed by atoms with Crippen molar-refractivity contribution in [1.29, 1.82) is 0 Å². The first-order valence-corrected chi connectivity index (χ1v) is 5.95. The van der Waals surface area contributed by atoms with Gasteiger partial charge in [-0.15, -0.1) is 0 Å². The molecule has 1 rings (SSSR count). The van der Waals surface area contributed by atoms with E-state index >= 15 is 0 Å². The number of nitrogens with zero attached hydrogens (tertiary/aromatic N) is 2. The number of aromatic nitrogens is 2. The van der Waals surface area contributed by atoms with Crippen LogP contribution in [0.15, 0.2) is 0 Å². The molecule has 1 heterocycles. The van der Waals surface area contributed by atoms with Crippen LogP contribution in [0.2, 0.25) is 0 Å².